The van der Waals surface area contributed by atoms with Gasteiger partial charge in [0.1, 0.15) is 5.82 Å². The zero-order valence-corrected chi connectivity index (χ0v) is 14.6. The van der Waals surface area contributed by atoms with Crippen molar-refractivity contribution in [3.8, 4) is 0 Å². The van der Waals surface area contributed by atoms with E-state index in [9.17, 15) is 9.18 Å². The highest BCUT2D eigenvalue weighted by molar-refractivity contribution is 9.10. The molecule has 0 saturated carbocycles. The van der Waals surface area contributed by atoms with Gasteiger partial charge in [0.25, 0.3) is 0 Å². The van der Waals surface area contributed by atoms with E-state index in [-0.39, 0.29) is 24.0 Å². The summed E-state index contributed by atoms with van der Waals surface area (Å²) in [4.78, 5) is 20.3. The lowest BCUT2D eigenvalue weighted by Gasteiger charge is -2.07. The number of thioether (sulfide) groups is 1. The molecule has 22 heavy (non-hydrogen) atoms. The van der Waals surface area contributed by atoms with Gasteiger partial charge in [-0.15, -0.1) is 0 Å². The number of hydrogen-bond acceptors (Lipinski definition) is 4. The van der Waals surface area contributed by atoms with Gasteiger partial charge in [-0.1, -0.05) is 27.7 Å². The highest BCUT2D eigenvalue weighted by atomic mass is 79.9. The smallest absolute Gasteiger partial charge is 0.230 e. The Bertz CT molecular complexity index is 676. The number of amides is 1. The van der Waals surface area contributed by atoms with Crippen LogP contribution in [0, 0.1) is 19.7 Å². The van der Waals surface area contributed by atoms with Gasteiger partial charge < -0.3 is 5.32 Å². The van der Waals surface area contributed by atoms with Crippen LogP contribution in [0.4, 0.5) is 4.39 Å². The molecule has 0 saturated heterocycles. The molecule has 0 aliphatic rings. The molecule has 1 heterocycles. The maximum absolute atomic E-state index is 13.6. The molecule has 2 rings (SSSR count). The SMILES string of the molecule is Cc1cc(C)nc(SCC(=O)NCc2cc(Br)ccc2F)n1. The zero-order chi connectivity index (χ0) is 16.1. The molecule has 116 valence electrons. The second kappa shape index (κ2) is 7.69. The number of rotatable bonds is 5. The second-order valence-corrected chi connectivity index (χ2v) is 6.59. The molecule has 2 aromatic rings. The average Bonchev–Trinajstić information content (AvgIpc) is 2.45. The van der Waals surface area contributed by atoms with Gasteiger partial charge in [-0.3, -0.25) is 4.79 Å². The third kappa shape index (κ3) is 5.06. The first kappa shape index (κ1) is 16.9. The van der Waals surface area contributed by atoms with Crippen LogP contribution in [0.3, 0.4) is 0 Å². The van der Waals surface area contributed by atoms with Gasteiger partial charge in [-0.05, 0) is 38.1 Å². The summed E-state index contributed by atoms with van der Waals surface area (Å²) in [7, 11) is 0. The predicted molar refractivity (Wildman–Crippen MR) is 88.2 cm³/mol. The maximum Gasteiger partial charge on any atom is 0.230 e. The van der Waals surface area contributed by atoms with Gasteiger partial charge in [0.2, 0.25) is 5.91 Å². The minimum absolute atomic E-state index is 0.151. The lowest BCUT2D eigenvalue weighted by Crippen LogP contribution is -2.25. The van der Waals surface area contributed by atoms with Crippen LogP contribution in [0.1, 0.15) is 17.0 Å². The van der Waals surface area contributed by atoms with Crippen molar-refractivity contribution < 1.29 is 9.18 Å². The van der Waals surface area contributed by atoms with E-state index in [1.807, 2.05) is 19.9 Å². The van der Waals surface area contributed by atoms with Crippen LogP contribution in [-0.2, 0) is 11.3 Å². The minimum atomic E-state index is -0.339. The zero-order valence-electron chi connectivity index (χ0n) is 12.2. The molecule has 0 aliphatic heterocycles. The van der Waals surface area contributed by atoms with Gasteiger partial charge in [-0.2, -0.15) is 0 Å². The monoisotopic (exact) mass is 383 g/mol. The molecule has 1 N–H and O–H groups in total. The summed E-state index contributed by atoms with van der Waals surface area (Å²) in [6.07, 6.45) is 0. The van der Waals surface area contributed by atoms with Gasteiger partial charge >= 0.3 is 0 Å². The molecule has 1 aromatic heterocycles. The third-order valence-electron chi connectivity index (χ3n) is 2.78. The van der Waals surface area contributed by atoms with Crippen molar-refractivity contribution in [1.82, 2.24) is 15.3 Å². The molecule has 4 nitrogen and oxygen atoms in total. The van der Waals surface area contributed by atoms with Gasteiger partial charge in [-0.25, -0.2) is 14.4 Å². The van der Waals surface area contributed by atoms with Crippen LogP contribution < -0.4 is 5.32 Å². The Morgan fingerprint density at radius 1 is 1.27 bits per heavy atom. The number of nitrogens with zero attached hydrogens (tertiary/aromatic N) is 2. The molecule has 0 bridgehead atoms. The lowest BCUT2D eigenvalue weighted by atomic mass is 10.2. The van der Waals surface area contributed by atoms with E-state index in [0.717, 1.165) is 15.9 Å². The molecule has 1 aromatic carbocycles. The first-order valence-electron chi connectivity index (χ1n) is 6.60. The number of benzene rings is 1. The Morgan fingerprint density at radius 2 is 1.95 bits per heavy atom. The Morgan fingerprint density at radius 3 is 2.64 bits per heavy atom. The van der Waals surface area contributed by atoms with E-state index in [0.29, 0.717) is 10.7 Å². The quantitative estimate of drug-likeness (QED) is 0.634. The van der Waals surface area contributed by atoms with Crippen molar-refractivity contribution in [2.24, 2.45) is 0 Å². The summed E-state index contributed by atoms with van der Waals surface area (Å²) in [6, 6.07) is 6.51. The predicted octanol–water partition coefficient (Wildman–Crippen LogP) is 3.40. The van der Waals surface area contributed by atoms with Crippen molar-refractivity contribution >= 4 is 33.6 Å². The third-order valence-corrected chi connectivity index (χ3v) is 4.12. The van der Waals surface area contributed by atoms with Crippen molar-refractivity contribution in [2.45, 2.75) is 25.5 Å². The lowest BCUT2D eigenvalue weighted by molar-refractivity contribution is -0.118. The summed E-state index contributed by atoms with van der Waals surface area (Å²) >= 11 is 4.54. The van der Waals surface area contributed by atoms with Crippen molar-refractivity contribution in [3.05, 3.63) is 51.5 Å². The van der Waals surface area contributed by atoms with Crippen LogP contribution in [0.5, 0.6) is 0 Å². The first-order chi connectivity index (χ1) is 10.4. The molecule has 7 heteroatoms. The van der Waals surface area contributed by atoms with Crippen LogP contribution in [-0.4, -0.2) is 21.6 Å². The van der Waals surface area contributed by atoms with E-state index in [1.54, 1.807) is 12.1 Å². The highest BCUT2D eigenvalue weighted by Crippen LogP contribution is 2.16. The minimum Gasteiger partial charge on any atom is -0.351 e. The normalized spacial score (nSPS) is 10.5. The largest absolute Gasteiger partial charge is 0.351 e. The van der Waals surface area contributed by atoms with E-state index in [4.69, 9.17) is 0 Å². The van der Waals surface area contributed by atoms with Gasteiger partial charge in [0.15, 0.2) is 5.16 Å². The molecular formula is C15H15BrFN3OS. The standard InChI is InChI=1S/C15H15BrFN3OS/c1-9-5-10(2)20-15(19-9)22-8-14(21)18-7-11-6-12(16)3-4-13(11)17/h3-6H,7-8H2,1-2H3,(H,18,21). The number of aryl methyl sites for hydroxylation is 2. The molecule has 0 atom stereocenters. The summed E-state index contributed by atoms with van der Waals surface area (Å²) in [5, 5.41) is 3.26. The molecule has 1 amide bonds. The summed E-state index contributed by atoms with van der Waals surface area (Å²) in [5.74, 6) is -0.334. The van der Waals surface area contributed by atoms with Crippen LogP contribution in [0.15, 0.2) is 33.9 Å². The van der Waals surface area contributed by atoms with Crippen molar-refractivity contribution in [1.29, 1.82) is 0 Å². The number of hydrogen-bond donors (Lipinski definition) is 1. The summed E-state index contributed by atoms with van der Waals surface area (Å²) in [5.41, 5.74) is 2.17. The topological polar surface area (TPSA) is 54.9 Å². The summed E-state index contributed by atoms with van der Waals surface area (Å²) in [6.45, 7) is 3.92. The Balaban J connectivity index is 1.86. The first-order valence-corrected chi connectivity index (χ1v) is 8.37. The molecule has 0 aliphatic carbocycles. The number of aromatic nitrogens is 2. The van der Waals surface area contributed by atoms with E-state index in [2.05, 4.69) is 31.2 Å². The fourth-order valence-electron chi connectivity index (χ4n) is 1.81. The number of carbonyl (C=O) groups excluding carboxylic acids is 1. The van der Waals surface area contributed by atoms with Crippen LogP contribution >= 0.6 is 27.7 Å². The fourth-order valence-corrected chi connectivity index (χ4v) is 3.00. The highest BCUT2D eigenvalue weighted by Gasteiger charge is 2.08. The van der Waals surface area contributed by atoms with Gasteiger partial charge in [0, 0.05) is 28.0 Å². The van der Waals surface area contributed by atoms with E-state index < -0.39 is 0 Å². The average molecular weight is 384 g/mol. The Labute approximate surface area is 141 Å². The van der Waals surface area contributed by atoms with Crippen LogP contribution in [0.2, 0.25) is 0 Å². The summed E-state index contributed by atoms with van der Waals surface area (Å²) < 4.78 is 14.3. The number of carbonyl (C=O) groups is 1. The molecular weight excluding hydrogens is 369 g/mol. The number of halogens is 2. The van der Waals surface area contributed by atoms with E-state index in [1.165, 1.54) is 17.8 Å². The van der Waals surface area contributed by atoms with E-state index >= 15 is 0 Å². The Hall–Kier alpha value is -1.47. The van der Waals surface area contributed by atoms with Crippen molar-refractivity contribution in [2.75, 3.05) is 5.75 Å². The molecule has 0 radical (unpaired) electrons. The molecule has 0 unspecified atom stereocenters. The Kier molecular flexibility index (Phi) is 5.90. The fraction of sp³-hybridized carbons (Fsp3) is 0.267. The van der Waals surface area contributed by atoms with Crippen molar-refractivity contribution in [3.63, 3.8) is 0 Å². The maximum atomic E-state index is 13.6. The van der Waals surface area contributed by atoms with Crippen LogP contribution in [0.25, 0.3) is 0 Å². The molecule has 0 fully saturated rings. The second-order valence-electron chi connectivity index (χ2n) is 4.73. The molecule has 0 spiro atoms. The van der Waals surface area contributed by atoms with Gasteiger partial charge in [0.05, 0.1) is 5.75 Å². The number of nitrogens with one attached hydrogen (secondary N) is 1.